The number of hydrogen-bond donors (Lipinski definition) is 0. The van der Waals surface area contributed by atoms with Gasteiger partial charge in [-0.3, -0.25) is 4.98 Å². The fraction of sp³-hybridized carbons (Fsp3) is 0.375. The molecule has 0 radical (unpaired) electrons. The molecule has 1 aromatic heterocycles. The minimum absolute atomic E-state index is 0.0175. The highest BCUT2D eigenvalue weighted by Gasteiger charge is 2.14. The van der Waals surface area contributed by atoms with E-state index >= 15 is 0 Å². The molecule has 0 atom stereocenters. The van der Waals surface area contributed by atoms with E-state index < -0.39 is 13.1 Å². The van der Waals surface area contributed by atoms with Crippen molar-refractivity contribution in [3.8, 4) is 5.75 Å². The van der Waals surface area contributed by atoms with Crippen LogP contribution in [0.15, 0.2) is 12.3 Å². The van der Waals surface area contributed by atoms with Crippen LogP contribution in [0.25, 0.3) is 0 Å². The number of hydrogen-bond acceptors (Lipinski definition) is 2. The van der Waals surface area contributed by atoms with Gasteiger partial charge in [0.1, 0.15) is 12.4 Å². The monoisotopic (exact) mass is 191 g/mol. The van der Waals surface area contributed by atoms with Crippen LogP contribution >= 0.6 is 0 Å². The molecule has 0 N–H and O–H groups in total. The smallest absolute Gasteiger partial charge is 0.267 e. The van der Waals surface area contributed by atoms with Gasteiger partial charge >= 0.3 is 0 Å². The van der Waals surface area contributed by atoms with Gasteiger partial charge < -0.3 is 4.74 Å². The molecule has 0 aromatic carbocycles. The summed E-state index contributed by atoms with van der Waals surface area (Å²) >= 11 is 0. The first kappa shape index (κ1) is 9.83. The zero-order valence-electron chi connectivity index (χ0n) is 6.93. The van der Waals surface area contributed by atoms with Crippen LogP contribution in [0, 0.1) is 0 Å². The Labute approximate surface area is 73.4 Å². The van der Waals surface area contributed by atoms with E-state index in [2.05, 4.69) is 9.72 Å². The number of aromatic nitrogens is 1. The van der Waals surface area contributed by atoms with Crippen LogP contribution in [0.2, 0.25) is 0 Å². The first-order valence-electron chi connectivity index (χ1n) is 3.56. The van der Waals surface area contributed by atoms with Gasteiger partial charge in [-0.15, -0.1) is 0 Å². The fourth-order valence-electron chi connectivity index (χ4n) is 0.918. The molecule has 5 heteroatoms. The average Bonchev–Trinajstić information content (AvgIpc) is 2.16. The predicted molar refractivity (Wildman–Crippen MR) is 40.6 cm³/mol. The SMILES string of the molecule is COc1cnc(CF)cc1C(F)F. The van der Waals surface area contributed by atoms with E-state index in [-0.39, 0.29) is 17.0 Å². The Balaban J connectivity index is 3.10. The Bertz CT molecular complexity index is 291. The molecule has 72 valence electrons. The van der Waals surface area contributed by atoms with Crippen LogP contribution in [-0.4, -0.2) is 12.1 Å². The van der Waals surface area contributed by atoms with Gasteiger partial charge in [0.15, 0.2) is 0 Å². The van der Waals surface area contributed by atoms with Crippen molar-refractivity contribution in [3.05, 3.63) is 23.5 Å². The minimum Gasteiger partial charge on any atom is -0.495 e. The molecule has 2 nitrogen and oxygen atoms in total. The molecule has 0 saturated carbocycles. The van der Waals surface area contributed by atoms with Gasteiger partial charge in [-0.2, -0.15) is 0 Å². The number of halogens is 3. The molecular formula is C8H8F3NO. The maximum Gasteiger partial charge on any atom is 0.267 e. The lowest BCUT2D eigenvalue weighted by molar-refractivity contribution is 0.146. The van der Waals surface area contributed by atoms with Crippen LogP contribution in [0.5, 0.6) is 5.75 Å². The van der Waals surface area contributed by atoms with Gasteiger partial charge in [0, 0.05) is 0 Å². The summed E-state index contributed by atoms with van der Waals surface area (Å²) in [6, 6.07) is 1.00. The number of ether oxygens (including phenoxy) is 1. The van der Waals surface area contributed by atoms with Crippen molar-refractivity contribution in [2.75, 3.05) is 7.11 Å². The standard InChI is InChI=1S/C8H8F3NO/c1-13-7-4-12-5(3-9)2-6(7)8(10)11/h2,4,8H,3H2,1H3. The van der Waals surface area contributed by atoms with Crippen molar-refractivity contribution in [2.45, 2.75) is 13.1 Å². The largest absolute Gasteiger partial charge is 0.495 e. The highest BCUT2D eigenvalue weighted by Crippen LogP contribution is 2.28. The molecule has 13 heavy (non-hydrogen) atoms. The number of pyridine rings is 1. The molecule has 0 aliphatic heterocycles. The van der Waals surface area contributed by atoms with Gasteiger partial charge in [0.25, 0.3) is 6.43 Å². The third kappa shape index (κ3) is 2.11. The summed E-state index contributed by atoms with van der Waals surface area (Å²) in [6.45, 7) is -0.857. The third-order valence-electron chi connectivity index (χ3n) is 1.55. The maximum atomic E-state index is 12.3. The van der Waals surface area contributed by atoms with Crippen molar-refractivity contribution in [2.24, 2.45) is 0 Å². The summed E-state index contributed by atoms with van der Waals surface area (Å²) in [5, 5.41) is 0. The van der Waals surface area contributed by atoms with E-state index in [1.165, 1.54) is 7.11 Å². The second-order valence-electron chi connectivity index (χ2n) is 2.35. The Morgan fingerprint density at radius 1 is 1.54 bits per heavy atom. The highest BCUT2D eigenvalue weighted by molar-refractivity contribution is 5.33. The van der Waals surface area contributed by atoms with Gasteiger partial charge in [-0.25, -0.2) is 13.2 Å². The van der Waals surface area contributed by atoms with E-state index in [1.807, 2.05) is 0 Å². The predicted octanol–water partition coefficient (Wildman–Crippen LogP) is 2.50. The van der Waals surface area contributed by atoms with Crippen LogP contribution in [-0.2, 0) is 6.67 Å². The quantitative estimate of drug-likeness (QED) is 0.732. The van der Waals surface area contributed by atoms with Crippen LogP contribution in [0.3, 0.4) is 0 Å². The molecule has 0 spiro atoms. The summed E-state index contributed by atoms with van der Waals surface area (Å²) in [7, 11) is 1.26. The average molecular weight is 191 g/mol. The van der Waals surface area contributed by atoms with Gasteiger partial charge in [0.2, 0.25) is 0 Å². The third-order valence-corrected chi connectivity index (χ3v) is 1.55. The topological polar surface area (TPSA) is 22.1 Å². The van der Waals surface area contributed by atoms with Crippen LogP contribution < -0.4 is 4.74 Å². The van der Waals surface area contributed by atoms with Crippen LogP contribution in [0.4, 0.5) is 13.2 Å². The van der Waals surface area contributed by atoms with Crippen molar-refractivity contribution in [1.82, 2.24) is 4.98 Å². The molecule has 0 unspecified atom stereocenters. The Morgan fingerprint density at radius 2 is 2.23 bits per heavy atom. The second-order valence-corrected chi connectivity index (χ2v) is 2.35. The lowest BCUT2D eigenvalue weighted by Gasteiger charge is -2.07. The lowest BCUT2D eigenvalue weighted by Crippen LogP contribution is -1.96. The fourth-order valence-corrected chi connectivity index (χ4v) is 0.918. The molecule has 1 rings (SSSR count). The Hall–Kier alpha value is -1.26. The number of nitrogens with zero attached hydrogens (tertiary/aromatic N) is 1. The molecule has 0 aliphatic rings. The van der Waals surface area contributed by atoms with Crippen molar-refractivity contribution >= 4 is 0 Å². The van der Waals surface area contributed by atoms with E-state index in [0.29, 0.717) is 0 Å². The molecule has 0 saturated heterocycles. The first-order chi connectivity index (χ1) is 6.19. The molecular weight excluding hydrogens is 183 g/mol. The normalized spacial score (nSPS) is 10.5. The van der Waals surface area contributed by atoms with Gasteiger partial charge in [-0.05, 0) is 6.07 Å². The highest BCUT2D eigenvalue weighted by atomic mass is 19.3. The zero-order valence-corrected chi connectivity index (χ0v) is 6.93. The summed E-state index contributed by atoms with van der Waals surface area (Å²) < 4.78 is 41.3. The Kier molecular flexibility index (Phi) is 3.11. The summed E-state index contributed by atoms with van der Waals surface area (Å²) in [5.74, 6) is -0.0211. The van der Waals surface area contributed by atoms with E-state index in [4.69, 9.17) is 0 Å². The number of rotatable bonds is 3. The molecule has 0 fully saturated rings. The lowest BCUT2D eigenvalue weighted by atomic mass is 10.2. The number of methoxy groups -OCH3 is 1. The second kappa shape index (κ2) is 4.11. The zero-order chi connectivity index (χ0) is 9.84. The molecule has 0 bridgehead atoms. The molecule has 1 heterocycles. The minimum atomic E-state index is -2.68. The summed E-state index contributed by atoms with van der Waals surface area (Å²) in [6.07, 6.45) is -1.58. The Morgan fingerprint density at radius 3 is 2.69 bits per heavy atom. The summed E-state index contributed by atoms with van der Waals surface area (Å²) in [5.41, 5.74) is -0.346. The van der Waals surface area contributed by atoms with Gasteiger partial charge in [-0.1, -0.05) is 0 Å². The van der Waals surface area contributed by atoms with Crippen molar-refractivity contribution < 1.29 is 17.9 Å². The number of alkyl halides is 3. The molecule has 0 aliphatic carbocycles. The van der Waals surface area contributed by atoms with Crippen molar-refractivity contribution in [1.29, 1.82) is 0 Å². The van der Waals surface area contributed by atoms with E-state index in [9.17, 15) is 13.2 Å². The summed E-state index contributed by atoms with van der Waals surface area (Å²) in [4.78, 5) is 3.58. The van der Waals surface area contributed by atoms with Crippen molar-refractivity contribution in [3.63, 3.8) is 0 Å². The van der Waals surface area contributed by atoms with Crippen LogP contribution in [0.1, 0.15) is 17.7 Å². The molecule has 1 aromatic rings. The molecule has 0 amide bonds. The first-order valence-corrected chi connectivity index (χ1v) is 3.56. The van der Waals surface area contributed by atoms with E-state index in [1.54, 1.807) is 0 Å². The van der Waals surface area contributed by atoms with E-state index in [0.717, 1.165) is 12.3 Å². The van der Waals surface area contributed by atoms with Gasteiger partial charge in [0.05, 0.1) is 24.6 Å². The maximum absolute atomic E-state index is 12.3.